The molecule has 2 aromatic heterocycles. The lowest BCUT2D eigenvalue weighted by atomic mass is 10.1. The number of halogens is 1. The maximum absolute atomic E-state index is 13.3. The van der Waals surface area contributed by atoms with Crippen LogP contribution in [0.15, 0.2) is 23.0 Å². The van der Waals surface area contributed by atoms with Crippen molar-refractivity contribution < 1.29 is 0 Å². The molecule has 3 heterocycles. The van der Waals surface area contributed by atoms with Gasteiger partial charge >= 0.3 is 0 Å². The third kappa shape index (κ3) is 3.61. The summed E-state index contributed by atoms with van der Waals surface area (Å²) in [6.45, 7) is 4.39. The third-order valence-electron chi connectivity index (χ3n) is 5.52. The summed E-state index contributed by atoms with van der Waals surface area (Å²) in [6.07, 6.45) is 5.40. The number of aryl methyl sites for hydroxylation is 1. The maximum atomic E-state index is 13.3. The zero-order valence-corrected chi connectivity index (χ0v) is 16.3. The summed E-state index contributed by atoms with van der Waals surface area (Å²) >= 11 is 6.23. The van der Waals surface area contributed by atoms with Gasteiger partial charge in [-0.25, -0.2) is 0 Å². The minimum absolute atomic E-state index is 0.00988. The third-order valence-corrected chi connectivity index (χ3v) is 5.75. The van der Waals surface area contributed by atoms with Crippen LogP contribution in [-0.4, -0.2) is 45.8 Å². The molecule has 4 rings (SSSR count). The molecule has 1 fully saturated rings. The van der Waals surface area contributed by atoms with Crippen molar-refractivity contribution in [2.75, 3.05) is 26.2 Å². The van der Waals surface area contributed by atoms with E-state index in [1.165, 1.54) is 19.3 Å². The van der Waals surface area contributed by atoms with E-state index in [0.29, 0.717) is 23.5 Å². The molecule has 0 spiro atoms. The van der Waals surface area contributed by atoms with Crippen molar-refractivity contribution in [3.63, 3.8) is 0 Å². The molecule has 0 unspecified atom stereocenters. The summed E-state index contributed by atoms with van der Waals surface area (Å²) in [7, 11) is 0. The van der Waals surface area contributed by atoms with Gasteiger partial charge in [-0.3, -0.25) is 9.89 Å². The second-order valence-corrected chi connectivity index (χ2v) is 7.77. The Morgan fingerprint density at radius 3 is 2.78 bits per heavy atom. The van der Waals surface area contributed by atoms with Crippen LogP contribution in [0.1, 0.15) is 31.4 Å². The predicted molar refractivity (Wildman–Crippen MR) is 111 cm³/mol. The second-order valence-electron chi connectivity index (χ2n) is 7.34. The lowest BCUT2D eigenvalue weighted by Crippen LogP contribution is -2.31. The number of nitrogens with two attached hydrogens (primary N) is 1. The molecular formula is C20H26ClN5O. The van der Waals surface area contributed by atoms with Gasteiger partial charge in [0.1, 0.15) is 5.52 Å². The van der Waals surface area contributed by atoms with E-state index in [9.17, 15) is 4.79 Å². The first-order valence-electron chi connectivity index (χ1n) is 9.80. The molecule has 6 nitrogen and oxygen atoms in total. The van der Waals surface area contributed by atoms with Gasteiger partial charge in [-0.05, 0) is 57.1 Å². The molecule has 1 aromatic carbocycles. The molecule has 144 valence electrons. The number of H-pyrrole nitrogens is 1. The zero-order chi connectivity index (χ0) is 18.8. The lowest BCUT2D eigenvalue weighted by molar-refractivity contribution is 0.231. The van der Waals surface area contributed by atoms with Crippen LogP contribution in [0.2, 0.25) is 5.02 Å². The Morgan fingerprint density at radius 1 is 1.19 bits per heavy atom. The number of aromatic nitrogens is 3. The number of fused-ring (bicyclic) bond motifs is 3. The van der Waals surface area contributed by atoms with Crippen LogP contribution in [0, 0.1) is 0 Å². The molecule has 0 radical (unpaired) electrons. The molecule has 0 saturated carbocycles. The van der Waals surface area contributed by atoms with Crippen molar-refractivity contribution in [2.24, 2.45) is 5.73 Å². The van der Waals surface area contributed by atoms with Crippen molar-refractivity contribution in [2.45, 2.75) is 38.6 Å². The standard InChI is InChI=1S/C20H26ClN5O/c21-14-5-6-17-15(13-14)19-18(20(27)26(17)11-4-8-22)16(23-24-19)7-12-25-9-2-1-3-10-25/h5-6,13H,1-4,7-12,22H2,(H,23,24). The number of nitrogens with one attached hydrogen (secondary N) is 1. The molecule has 7 heteroatoms. The number of hydrogen-bond donors (Lipinski definition) is 2. The van der Waals surface area contributed by atoms with Crippen LogP contribution < -0.4 is 11.3 Å². The van der Waals surface area contributed by atoms with Gasteiger partial charge < -0.3 is 15.2 Å². The van der Waals surface area contributed by atoms with E-state index in [1.807, 2.05) is 22.8 Å². The minimum atomic E-state index is 0.00988. The number of piperidine rings is 1. The molecule has 27 heavy (non-hydrogen) atoms. The van der Waals surface area contributed by atoms with Crippen LogP contribution in [0.4, 0.5) is 0 Å². The predicted octanol–water partition coefficient (Wildman–Crippen LogP) is 2.91. The number of pyridine rings is 1. The Balaban J connectivity index is 1.78. The van der Waals surface area contributed by atoms with E-state index >= 15 is 0 Å². The molecule has 0 atom stereocenters. The van der Waals surface area contributed by atoms with Crippen molar-refractivity contribution in [1.29, 1.82) is 0 Å². The highest BCUT2D eigenvalue weighted by Crippen LogP contribution is 2.26. The maximum Gasteiger partial charge on any atom is 0.262 e. The second kappa shape index (κ2) is 8.00. The van der Waals surface area contributed by atoms with Crippen molar-refractivity contribution >= 4 is 33.4 Å². The first-order valence-corrected chi connectivity index (χ1v) is 10.2. The topological polar surface area (TPSA) is 79.9 Å². The number of rotatable bonds is 6. The van der Waals surface area contributed by atoms with Gasteiger partial charge in [-0.1, -0.05) is 18.0 Å². The largest absolute Gasteiger partial charge is 0.330 e. The number of nitrogens with zero attached hydrogens (tertiary/aromatic N) is 3. The van der Waals surface area contributed by atoms with Gasteiger partial charge in [0.15, 0.2) is 0 Å². The number of likely N-dealkylation sites (tertiary alicyclic amines) is 1. The van der Waals surface area contributed by atoms with E-state index in [0.717, 1.165) is 54.6 Å². The Hall–Kier alpha value is -1.89. The van der Waals surface area contributed by atoms with Gasteiger partial charge in [0, 0.05) is 35.6 Å². The Kier molecular flexibility index (Phi) is 5.48. The molecule has 0 bridgehead atoms. The first kappa shape index (κ1) is 18.5. The van der Waals surface area contributed by atoms with Crippen molar-refractivity contribution in [3.8, 4) is 0 Å². The van der Waals surface area contributed by atoms with Crippen LogP contribution in [0.5, 0.6) is 0 Å². The SMILES string of the molecule is NCCCn1c(=O)c2c(CCN3CCCCC3)[nH]nc2c2cc(Cl)ccc21. The first-order chi connectivity index (χ1) is 13.2. The molecule has 1 aliphatic heterocycles. The van der Waals surface area contributed by atoms with Crippen LogP contribution in [0.25, 0.3) is 21.8 Å². The van der Waals surface area contributed by atoms with Crippen molar-refractivity contribution in [3.05, 3.63) is 39.3 Å². The molecule has 3 N–H and O–H groups in total. The zero-order valence-electron chi connectivity index (χ0n) is 15.5. The smallest absolute Gasteiger partial charge is 0.262 e. The van der Waals surface area contributed by atoms with Crippen LogP contribution in [0.3, 0.4) is 0 Å². The van der Waals surface area contributed by atoms with Crippen molar-refractivity contribution in [1.82, 2.24) is 19.7 Å². The average Bonchev–Trinajstić information content (AvgIpc) is 3.12. The lowest BCUT2D eigenvalue weighted by Gasteiger charge is -2.26. The normalized spacial score (nSPS) is 15.8. The molecule has 3 aromatic rings. The van der Waals surface area contributed by atoms with E-state index < -0.39 is 0 Å². The number of hydrogen-bond acceptors (Lipinski definition) is 4. The Bertz CT molecular complexity index is 1000. The van der Waals surface area contributed by atoms with E-state index in [-0.39, 0.29) is 5.56 Å². The van der Waals surface area contributed by atoms with Gasteiger partial charge in [0.25, 0.3) is 5.56 Å². The van der Waals surface area contributed by atoms with Gasteiger partial charge in [0.2, 0.25) is 0 Å². The summed E-state index contributed by atoms with van der Waals surface area (Å²) in [4.78, 5) is 15.8. The molecule has 0 aliphatic carbocycles. The highest BCUT2D eigenvalue weighted by atomic mass is 35.5. The summed E-state index contributed by atoms with van der Waals surface area (Å²) < 4.78 is 1.82. The highest BCUT2D eigenvalue weighted by molar-refractivity contribution is 6.31. The van der Waals surface area contributed by atoms with Crippen LogP contribution >= 0.6 is 11.6 Å². The Morgan fingerprint density at radius 2 is 2.00 bits per heavy atom. The number of aromatic amines is 1. The van der Waals surface area contributed by atoms with Crippen LogP contribution in [-0.2, 0) is 13.0 Å². The fourth-order valence-corrected chi connectivity index (χ4v) is 4.26. The summed E-state index contributed by atoms with van der Waals surface area (Å²) in [5.41, 5.74) is 8.20. The van der Waals surface area contributed by atoms with E-state index in [1.54, 1.807) is 0 Å². The molecular weight excluding hydrogens is 362 g/mol. The van der Waals surface area contributed by atoms with E-state index in [2.05, 4.69) is 15.1 Å². The summed E-state index contributed by atoms with van der Waals surface area (Å²) in [5, 5.41) is 9.87. The van der Waals surface area contributed by atoms with E-state index in [4.69, 9.17) is 17.3 Å². The minimum Gasteiger partial charge on any atom is -0.330 e. The highest BCUT2D eigenvalue weighted by Gasteiger charge is 2.18. The average molecular weight is 388 g/mol. The monoisotopic (exact) mass is 387 g/mol. The molecule has 1 saturated heterocycles. The quantitative estimate of drug-likeness (QED) is 0.681. The Labute approximate surface area is 163 Å². The van der Waals surface area contributed by atoms with Gasteiger partial charge in [0.05, 0.1) is 10.9 Å². The molecule has 0 amide bonds. The molecule has 1 aliphatic rings. The fraction of sp³-hybridized carbons (Fsp3) is 0.500. The van der Waals surface area contributed by atoms with Gasteiger partial charge in [-0.15, -0.1) is 0 Å². The van der Waals surface area contributed by atoms with Gasteiger partial charge in [-0.2, -0.15) is 5.10 Å². The summed E-state index contributed by atoms with van der Waals surface area (Å²) in [5.74, 6) is 0. The summed E-state index contributed by atoms with van der Waals surface area (Å²) in [6, 6.07) is 5.61. The fourth-order valence-electron chi connectivity index (χ4n) is 4.09. The number of benzene rings is 1.